The Balaban J connectivity index is 1.49. The third kappa shape index (κ3) is 4.71. The van der Waals surface area contributed by atoms with Crippen LogP contribution in [-0.4, -0.2) is 27.8 Å². The van der Waals surface area contributed by atoms with Gasteiger partial charge in [0.25, 0.3) is 5.91 Å². The first-order valence-electron chi connectivity index (χ1n) is 10.4. The van der Waals surface area contributed by atoms with Crippen LogP contribution in [0.2, 0.25) is 0 Å². The van der Waals surface area contributed by atoms with Gasteiger partial charge in [0.2, 0.25) is 5.88 Å². The van der Waals surface area contributed by atoms with E-state index < -0.39 is 0 Å². The topological polar surface area (TPSA) is 78.3 Å². The maximum atomic E-state index is 13.0. The first kappa shape index (κ1) is 20.9. The van der Waals surface area contributed by atoms with E-state index in [1.165, 1.54) is 0 Å². The van der Waals surface area contributed by atoms with Gasteiger partial charge in [0.15, 0.2) is 11.5 Å². The molecule has 1 aromatic carbocycles. The molecule has 4 rings (SSSR count). The molecule has 162 valence electrons. The van der Waals surface area contributed by atoms with Gasteiger partial charge in [-0.15, -0.1) is 0 Å². The minimum atomic E-state index is -0.289. The highest BCUT2D eigenvalue weighted by molar-refractivity contribution is 6.03. The van der Waals surface area contributed by atoms with Gasteiger partial charge in [0.05, 0.1) is 30.2 Å². The molecule has 7 heteroatoms. The average Bonchev–Trinajstić information content (AvgIpc) is 3.47. The molecule has 2 heterocycles. The molecule has 31 heavy (non-hydrogen) atoms. The number of nitrogens with zero attached hydrogens (tertiary/aromatic N) is 3. The Morgan fingerprint density at radius 2 is 1.90 bits per heavy atom. The fourth-order valence-electron chi connectivity index (χ4n) is 3.33. The number of aryl methyl sites for hydroxylation is 1. The van der Waals surface area contributed by atoms with Crippen molar-refractivity contribution in [2.75, 3.05) is 12.4 Å². The van der Waals surface area contributed by atoms with E-state index in [-0.39, 0.29) is 11.4 Å². The molecule has 0 bridgehead atoms. The van der Waals surface area contributed by atoms with E-state index >= 15 is 0 Å². The molecular weight excluding hydrogens is 392 g/mol. The number of carbonyl (C=O) groups is 1. The summed E-state index contributed by atoms with van der Waals surface area (Å²) in [6.45, 7) is 8.11. The van der Waals surface area contributed by atoms with Crippen LogP contribution in [0.25, 0.3) is 0 Å². The molecule has 1 fully saturated rings. The van der Waals surface area contributed by atoms with Crippen molar-refractivity contribution in [3.05, 3.63) is 59.5 Å². The van der Waals surface area contributed by atoms with Crippen LogP contribution in [-0.2, 0) is 5.54 Å². The number of hydrogen-bond donors (Lipinski definition) is 1. The van der Waals surface area contributed by atoms with Crippen LogP contribution >= 0.6 is 0 Å². The molecular formula is C24H28N4O3. The van der Waals surface area contributed by atoms with Crippen molar-refractivity contribution in [3.63, 3.8) is 0 Å². The first-order chi connectivity index (χ1) is 14.7. The minimum absolute atomic E-state index is 0.204. The van der Waals surface area contributed by atoms with E-state index in [9.17, 15) is 4.79 Å². The predicted molar refractivity (Wildman–Crippen MR) is 119 cm³/mol. The number of hydrogen-bond acceptors (Lipinski definition) is 5. The maximum Gasteiger partial charge on any atom is 0.274 e. The third-order valence-corrected chi connectivity index (χ3v) is 5.12. The molecule has 1 aliphatic carbocycles. The molecule has 2 aromatic heterocycles. The summed E-state index contributed by atoms with van der Waals surface area (Å²) in [7, 11) is 1.60. The summed E-state index contributed by atoms with van der Waals surface area (Å²) < 4.78 is 13.0. The van der Waals surface area contributed by atoms with E-state index in [0.717, 1.165) is 24.1 Å². The first-order valence-corrected chi connectivity index (χ1v) is 10.4. The van der Waals surface area contributed by atoms with Gasteiger partial charge in [-0.05, 0) is 70.4 Å². The summed E-state index contributed by atoms with van der Waals surface area (Å²) in [5.41, 5.74) is 2.92. The van der Waals surface area contributed by atoms with Gasteiger partial charge in [-0.2, -0.15) is 5.10 Å². The Kier molecular flexibility index (Phi) is 5.43. The monoisotopic (exact) mass is 420 g/mol. The van der Waals surface area contributed by atoms with Gasteiger partial charge in [0.1, 0.15) is 5.69 Å². The zero-order valence-electron chi connectivity index (χ0n) is 18.6. The van der Waals surface area contributed by atoms with Crippen LogP contribution < -0.4 is 14.8 Å². The van der Waals surface area contributed by atoms with Crippen LogP contribution in [0.4, 0.5) is 5.69 Å². The lowest BCUT2D eigenvalue weighted by Crippen LogP contribution is -2.29. The van der Waals surface area contributed by atoms with Gasteiger partial charge in [-0.25, -0.2) is 4.98 Å². The van der Waals surface area contributed by atoms with E-state index in [0.29, 0.717) is 34.7 Å². The van der Waals surface area contributed by atoms with Gasteiger partial charge in [-0.3, -0.25) is 9.48 Å². The summed E-state index contributed by atoms with van der Waals surface area (Å²) in [5, 5.41) is 7.62. The van der Waals surface area contributed by atoms with Crippen molar-refractivity contribution in [2.24, 2.45) is 0 Å². The van der Waals surface area contributed by atoms with Crippen LogP contribution in [0, 0.1) is 6.92 Å². The van der Waals surface area contributed by atoms with Gasteiger partial charge in [-0.1, -0.05) is 6.07 Å². The Labute approximate surface area is 182 Å². The summed E-state index contributed by atoms with van der Waals surface area (Å²) >= 11 is 0. The fraction of sp³-hybridized carbons (Fsp3) is 0.375. The van der Waals surface area contributed by atoms with Crippen LogP contribution in [0.5, 0.6) is 17.4 Å². The molecule has 1 aliphatic rings. The Morgan fingerprint density at radius 1 is 1.13 bits per heavy atom. The smallest absolute Gasteiger partial charge is 0.274 e. The second-order valence-corrected chi connectivity index (χ2v) is 8.91. The highest BCUT2D eigenvalue weighted by Crippen LogP contribution is 2.40. The lowest BCUT2D eigenvalue weighted by molar-refractivity contribution is 0.100. The second-order valence-electron chi connectivity index (χ2n) is 8.91. The number of carbonyl (C=O) groups excluding carboxylic acids is 1. The molecule has 1 saturated carbocycles. The quantitative estimate of drug-likeness (QED) is 0.588. The van der Waals surface area contributed by atoms with E-state index in [2.05, 4.69) is 10.3 Å². The molecule has 0 radical (unpaired) electrons. The summed E-state index contributed by atoms with van der Waals surface area (Å²) in [6.07, 6.45) is 3.85. The third-order valence-electron chi connectivity index (χ3n) is 5.12. The van der Waals surface area contributed by atoms with Crippen LogP contribution in [0.15, 0.2) is 42.6 Å². The van der Waals surface area contributed by atoms with Crippen molar-refractivity contribution < 1.29 is 14.3 Å². The largest absolute Gasteiger partial charge is 0.493 e. The number of pyridine rings is 1. The van der Waals surface area contributed by atoms with Crippen LogP contribution in [0.3, 0.4) is 0 Å². The molecule has 7 nitrogen and oxygen atoms in total. The molecule has 0 unspecified atom stereocenters. The molecule has 0 atom stereocenters. The number of aromatic nitrogens is 3. The molecule has 3 aromatic rings. The number of benzene rings is 1. The second kappa shape index (κ2) is 8.06. The predicted octanol–water partition coefficient (Wildman–Crippen LogP) is 5.27. The standard InChI is InChI=1S/C24H28N4O3/c1-15-6-10-20(21(12-15)30-5)31-22-11-9-17(14-25-22)26-23(29)19-13-18(16-7-8-16)27-28(19)24(2,3)4/h6,9-14,16H,7-8H2,1-5H3,(H,26,29). The summed E-state index contributed by atoms with van der Waals surface area (Å²) in [4.78, 5) is 17.3. The molecule has 0 aliphatic heterocycles. The minimum Gasteiger partial charge on any atom is -0.493 e. The maximum absolute atomic E-state index is 13.0. The van der Waals surface area contributed by atoms with Crippen molar-refractivity contribution in [1.29, 1.82) is 0 Å². The highest BCUT2D eigenvalue weighted by Gasteiger charge is 2.31. The fourth-order valence-corrected chi connectivity index (χ4v) is 3.33. The Hall–Kier alpha value is -3.35. The highest BCUT2D eigenvalue weighted by atomic mass is 16.5. The molecule has 0 saturated heterocycles. The average molecular weight is 421 g/mol. The van der Waals surface area contributed by atoms with Crippen molar-refractivity contribution >= 4 is 11.6 Å². The van der Waals surface area contributed by atoms with Crippen LogP contribution in [0.1, 0.15) is 61.3 Å². The normalized spacial score (nSPS) is 13.7. The Bertz CT molecular complexity index is 1090. The summed E-state index contributed by atoms with van der Waals surface area (Å²) in [6, 6.07) is 11.1. The van der Waals surface area contributed by atoms with E-state index in [1.807, 2.05) is 56.6 Å². The van der Waals surface area contributed by atoms with Crippen molar-refractivity contribution in [3.8, 4) is 17.4 Å². The number of nitrogens with one attached hydrogen (secondary N) is 1. The number of anilines is 1. The van der Waals surface area contributed by atoms with E-state index in [1.54, 1.807) is 25.4 Å². The van der Waals surface area contributed by atoms with Gasteiger partial charge in [0, 0.05) is 12.0 Å². The molecule has 0 spiro atoms. The lowest BCUT2D eigenvalue weighted by Gasteiger charge is -2.22. The van der Waals surface area contributed by atoms with Gasteiger partial charge >= 0.3 is 0 Å². The SMILES string of the molecule is COc1cc(C)ccc1Oc1ccc(NC(=O)c2cc(C3CC3)nn2C(C)(C)C)cn1. The number of rotatable bonds is 6. The van der Waals surface area contributed by atoms with Crippen molar-refractivity contribution in [1.82, 2.24) is 14.8 Å². The Morgan fingerprint density at radius 3 is 2.52 bits per heavy atom. The number of amides is 1. The number of methoxy groups -OCH3 is 1. The lowest BCUT2D eigenvalue weighted by atomic mass is 10.1. The molecule has 1 N–H and O–H groups in total. The van der Waals surface area contributed by atoms with Gasteiger partial charge < -0.3 is 14.8 Å². The van der Waals surface area contributed by atoms with Crippen molar-refractivity contribution in [2.45, 2.75) is 52.0 Å². The number of ether oxygens (including phenoxy) is 2. The summed E-state index contributed by atoms with van der Waals surface area (Å²) in [5.74, 6) is 1.91. The zero-order chi connectivity index (χ0) is 22.2. The molecule has 1 amide bonds. The van der Waals surface area contributed by atoms with E-state index in [4.69, 9.17) is 14.6 Å². The zero-order valence-corrected chi connectivity index (χ0v) is 18.6.